The fraction of sp³-hybridized carbons (Fsp3) is 0.524. The van der Waals surface area contributed by atoms with Crippen LogP contribution in [0, 0.1) is 12.8 Å². The number of hydrogen-bond acceptors (Lipinski definition) is 5. The molecule has 1 aromatic heterocycles. The zero-order valence-electron chi connectivity index (χ0n) is 16.3. The van der Waals surface area contributed by atoms with Crippen molar-refractivity contribution in [2.24, 2.45) is 5.92 Å². The van der Waals surface area contributed by atoms with Crippen LogP contribution < -0.4 is 4.74 Å². The molecule has 0 bridgehead atoms. The van der Waals surface area contributed by atoms with Crippen LogP contribution in [0.3, 0.4) is 0 Å². The van der Waals surface area contributed by atoms with Gasteiger partial charge in [-0.3, -0.25) is 4.79 Å². The van der Waals surface area contributed by atoms with Crippen molar-refractivity contribution < 1.29 is 18.8 Å². The molecular formula is C21H28N2O4. The van der Waals surface area contributed by atoms with Gasteiger partial charge in [0.2, 0.25) is 5.91 Å². The van der Waals surface area contributed by atoms with E-state index >= 15 is 0 Å². The number of methoxy groups -OCH3 is 2. The van der Waals surface area contributed by atoms with Crippen LogP contribution in [0.15, 0.2) is 34.9 Å². The summed E-state index contributed by atoms with van der Waals surface area (Å²) < 4.78 is 16.1. The van der Waals surface area contributed by atoms with E-state index in [4.69, 9.17) is 14.0 Å². The standard InChI is InChI=1S/C21H28N2O4/c1-15-11-19(27-22-15)12-17-13-23(14-20(17)26-3)21(24)6-4-5-16-7-9-18(25-2)10-8-16/h7-11,17,20H,4-6,12-14H2,1-3H3/t17-,20+/m1/s1. The number of ether oxygens (including phenoxy) is 2. The molecule has 1 aromatic carbocycles. The molecule has 27 heavy (non-hydrogen) atoms. The Bertz CT molecular complexity index is 741. The van der Waals surface area contributed by atoms with E-state index in [0.717, 1.165) is 36.5 Å². The topological polar surface area (TPSA) is 64.8 Å². The van der Waals surface area contributed by atoms with Gasteiger partial charge < -0.3 is 18.9 Å². The Morgan fingerprint density at radius 1 is 1.26 bits per heavy atom. The van der Waals surface area contributed by atoms with Gasteiger partial charge in [0.15, 0.2) is 0 Å². The number of likely N-dealkylation sites (tertiary alicyclic amines) is 1. The molecule has 1 saturated heterocycles. The molecule has 1 amide bonds. The molecule has 2 aromatic rings. The lowest BCUT2D eigenvalue weighted by atomic mass is 10.0. The highest BCUT2D eigenvalue weighted by molar-refractivity contribution is 5.76. The predicted molar refractivity (Wildman–Crippen MR) is 102 cm³/mol. The first-order valence-corrected chi connectivity index (χ1v) is 9.44. The number of aryl methyl sites for hydroxylation is 2. The smallest absolute Gasteiger partial charge is 0.222 e. The van der Waals surface area contributed by atoms with Crippen molar-refractivity contribution in [3.05, 3.63) is 47.3 Å². The van der Waals surface area contributed by atoms with Crippen molar-refractivity contribution >= 4 is 5.91 Å². The lowest BCUT2D eigenvalue weighted by molar-refractivity contribution is -0.130. The lowest BCUT2D eigenvalue weighted by Crippen LogP contribution is -2.29. The van der Waals surface area contributed by atoms with Crippen LogP contribution in [0.5, 0.6) is 5.75 Å². The van der Waals surface area contributed by atoms with Gasteiger partial charge in [0.25, 0.3) is 0 Å². The van der Waals surface area contributed by atoms with E-state index in [1.54, 1.807) is 14.2 Å². The molecule has 1 aliphatic heterocycles. The van der Waals surface area contributed by atoms with Crippen LogP contribution >= 0.6 is 0 Å². The van der Waals surface area contributed by atoms with Gasteiger partial charge in [-0.1, -0.05) is 17.3 Å². The summed E-state index contributed by atoms with van der Waals surface area (Å²) in [7, 11) is 3.37. The number of aromatic nitrogens is 1. The minimum Gasteiger partial charge on any atom is -0.497 e. The summed E-state index contributed by atoms with van der Waals surface area (Å²) in [5.41, 5.74) is 2.10. The van der Waals surface area contributed by atoms with Gasteiger partial charge >= 0.3 is 0 Å². The van der Waals surface area contributed by atoms with Crippen LogP contribution in [0.4, 0.5) is 0 Å². The summed E-state index contributed by atoms with van der Waals surface area (Å²) in [6, 6.07) is 9.96. The maximum atomic E-state index is 12.6. The van der Waals surface area contributed by atoms with E-state index < -0.39 is 0 Å². The molecule has 0 unspecified atom stereocenters. The number of benzene rings is 1. The summed E-state index contributed by atoms with van der Waals surface area (Å²) in [5, 5.41) is 3.94. The molecule has 6 nitrogen and oxygen atoms in total. The zero-order valence-corrected chi connectivity index (χ0v) is 16.3. The first kappa shape index (κ1) is 19.4. The molecule has 0 aliphatic carbocycles. The normalized spacial score (nSPS) is 19.4. The Morgan fingerprint density at radius 2 is 2.04 bits per heavy atom. The van der Waals surface area contributed by atoms with Crippen LogP contribution in [0.25, 0.3) is 0 Å². The second kappa shape index (κ2) is 9.04. The maximum absolute atomic E-state index is 12.6. The SMILES string of the molecule is COc1ccc(CCCC(=O)N2C[C@@H](Cc3cc(C)no3)[C@@H](OC)C2)cc1. The maximum Gasteiger partial charge on any atom is 0.222 e. The van der Waals surface area contributed by atoms with E-state index in [1.807, 2.05) is 30.0 Å². The second-order valence-electron chi connectivity index (χ2n) is 7.17. The number of hydrogen-bond donors (Lipinski definition) is 0. The third-order valence-corrected chi connectivity index (χ3v) is 5.19. The van der Waals surface area contributed by atoms with Gasteiger partial charge in [0.1, 0.15) is 11.5 Å². The van der Waals surface area contributed by atoms with Crippen LogP contribution in [0.1, 0.15) is 29.9 Å². The Labute approximate surface area is 160 Å². The quantitative estimate of drug-likeness (QED) is 0.713. The predicted octanol–water partition coefficient (Wildman–Crippen LogP) is 3.03. The summed E-state index contributed by atoms with van der Waals surface area (Å²) in [6.45, 7) is 3.27. The minimum atomic E-state index is 0.0425. The first-order chi connectivity index (χ1) is 13.1. The average molecular weight is 372 g/mol. The molecule has 0 radical (unpaired) electrons. The molecule has 0 N–H and O–H groups in total. The number of rotatable bonds is 8. The number of carbonyl (C=O) groups is 1. The van der Waals surface area contributed by atoms with Gasteiger partial charge in [0, 0.05) is 45.0 Å². The van der Waals surface area contributed by atoms with Gasteiger partial charge in [0.05, 0.1) is 18.9 Å². The second-order valence-corrected chi connectivity index (χ2v) is 7.17. The Hall–Kier alpha value is -2.34. The fourth-order valence-corrected chi connectivity index (χ4v) is 3.67. The molecule has 1 fully saturated rings. The zero-order chi connectivity index (χ0) is 19.2. The monoisotopic (exact) mass is 372 g/mol. The Morgan fingerprint density at radius 3 is 2.67 bits per heavy atom. The molecular weight excluding hydrogens is 344 g/mol. The van der Waals surface area contributed by atoms with Crippen LogP contribution in [-0.2, 0) is 22.4 Å². The third-order valence-electron chi connectivity index (χ3n) is 5.19. The van der Waals surface area contributed by atoms with E-state index in [-0.39, 0.29) is 17.9 Å². The molecule has 0 saturated carbocycles. The molecule has 1 aliphatic rings. The van der Waals surface area contributed by atoms with Crippen LogP contribution in [-0.4, -0.2) is 49.4 Å². The van der Waals surface area contributed by atoms with Crippen molar-refractivity contribution in [1.82, 2.24) is 10.1 Å². The molecule has 0 spiro atoms. The highest BCUT2D eigenvalue weighted by Crippen LogP contribution is 2.25. The lowest BCUT2D eigenvalue weighted by Gasteiger charge is -2.16. The van der Waals surface area contributed by atoms with Gasteiger partial charge in [-0.2, -0.15) is 0 Å². The summed E-state index contributed by atoms with van der Waals surface area (Å²) >= 11 is 0. The van der Waals surface area contributed by atoms with E-state index in [0.29, 0.717) is 19.5 Å². The van der Waals surface area contributed by atoms with Crippen LogP contribution in [0.2, 0.25) is 0 Å². The minimum absolute atomic E-state index is 0.0425. The van der Waals surface area contributed by atoms with Crippen molar-refractivity contribution in [2.45, 2.75) is 38.7 Å². The highest BCUT2D eigenvalue weighted by atomic mass is 16.5. The Kier molecular flexibility index (Phi) is 6.50. The largest absolute Gasteiger partial charge is 0.497 e. The van der Waals surface area contributed by atoms with Crippen molar-refractivity contribution in [1.29, 1.82) is 0 Å². The van der Waals surface area contributed by atoms with Gasteiger partial charge in [-0.25, -0.2) is 0 Å². The van der Waals surface area contributed by atoms with Crippen molar-refractivity contribution in [3.8, 4) is 5.75 Å². The summed E-state index contributed by atoms with van der Waals surface area (Å²) in [6.07, 6.45) is 3.07. The summed E-state index contributed by atoms with van der Waals surface area (Å²) in [4.78, 5) is 14.5. The third kappa shape index (κ3) is 5.10. The van der Waals surface area contributed by atoms with Gasteiger partial charge in [-0.05, 0) is 37.5 Å². The van der Waals surface area contributed by atoms with Crippen molar-refractivity contribution in [3.63, 3.8) is 0 Å². The molecule has 6 heteroatoms. The Balaban J connectivity index is 1.47. The van der Waals surface area contributed by atoms with Crippen molar-refractivity contribution in [2.75, 3.05) is 27.3 Å². The highest BCUT2D eigenvalue weighted by Gasteiger charge is 2.35. The first-order valence-electron chi connectivity index (χ1n) is 9.44. The van der Waals surface area contributed by atoms with E-state index in [1.165, 1.54) is 5.56 Å². The molecule has 2 heterocycles. The van der Waals surface area contributed by atoms with E-state index in [9.17, 15) is 4.79 Å². The average Bonchev–Trinajstić information content (AvgIpc) is 3.28. The number of nitrogens with zero attached hydrogens (tertiary/aromatic N) is 2. The number of amides is 1. The van der Waals surface area contributed by atoms with E-state index in [2.05, 4.69) is 17.3 Å². The molecule has 146 valence electrons. The number of carbonyl (C=O) groups excluding carboxylic acids is 1. The fourth-order valence-electron chi connectivity index (χ4n) is 3.67. The molecule has 3 rings (SSSR count). The summed E-state index contributed by atoms with van der Waals surface area (Å²) in [5.74, 6) is 2.15. The van der Waals surface area contributed by atoms with Gasteiger partial charge in [-0.15, -0.1) is 0 Å². The molecule has 2 atom stereocenters.